The molecule has 0 saturated carbocycles. The molecule has 1 N–H and O–H groups in total. The van der Waals surface area contributed by atoms with Gasteiger partial charge in [0.05, 0.1) is 0 Å². The lowest BCUT2D eigenvalue weighted by atomic mass is 10.0. The van der Waals surface area contributed by atoms with Gasteiger partial charge in [-0.2, -0.15) is 4.31 Å². The first-order valence-corrected chi connectivity index (χ1v) is 12.8. The van der Waals surface area contributed by atoms with Crippen LogP contribution < -0.4 is 15.0 Å². The minimum atomic E-state index is -3.58. The molecular formula is C26H26FN3O4S. The third kappa shape index (κ3) is 4.15. The summed E-state index contributed by atoms with van der Waals surface area (Å²) in [4.78, 5) is 13.5. The molecule has 0 aromatic heterocycles. The van der Waals surface area contributed by atoms with Gasteiger partial charge in [-0.3, -0.25) is 4.79 Å². The van der Waals surface area contributed by atoms with Crippen molar-refractivity contribution in [3.8, 4) is 11.5 Å². The van der Waals surface area contributed by atoms with Crippen molar-refractivity contribution in [1.82, 2.24) is 4.31 Å². The Labute approximate surface area is 204 Å². The Morgan fingerprint density at radius 1 is 1.09 bits per heavy atom. The fraction of sp³-hybridized carbons (Fsp3) is 0.269. The van der Waals surface area contributed by atoms with Crippen molar-refractivity contribution in [2.24, 2.45) is 0 Å². The van der Waals surface area contributed by atoms with E-state index in [0.717, 1.165) is 11.3 Å². The molecule has 3 aromatic carbocycles. The number of hydrogen-bond donors (Lipinski definition) is 1. The molecule has 0 bridgehead atoms. The first-order chi connectivity index (χ1) is 16.7. The molecule has 2 aliphatic rings. The van der Waals surface area contributed by atoms with Gasteiger partial charge in [-0.1, -0.05) is 18.2 Å². The van der Waals surface area contributed by atoms with Crippen LogP contribution in [0.4, 0.5) is 15.8 Å². The summed E-state index contributed by atoms with van der Waals surface area (Å²) in [6.45, 7) is 0.357. The van der Waals surface area contributed by atoms with Gasteiger partial charge in [0.2, 0.25) is 14.9 Å². The molecule has 0 radical (unpaired) electrons. The Bertz CT molecular complexity index is 1410. The van der Waals surface area contributed by atoms with Crippen molar-refractivity contribution in [1.29, 1.82) is 0 Å². The number of halogens is 1. The zero-order chi connectivity index (χ0) is 24.8. The predicted octanol–water partition coefficient (Wildman–Crippen LogP) is 4.35. The van der Waals surface area contributed by atoms with Gasteiger partial charge >= 0.3 is 0 Å². The molecule has 1 unspecified atom stereocenters. The zero-order valence-electron chi connectivity index (χ0n) is 19.5. The highest BCUT2D eigenvalue weighted by Gasteiger charge is 2.77. The molecular weight excluding hydrogens is 469 g/mol. The Morgan fingerprint density at radius 3 is 2.54 bits per heavy atom. The second-order valence-corrected chi connectivity index (χ2v) is 11.1. The van der Waals surface area contributed by atoms with Crippen LogP contribution in [0, 0.1) is 5.82 Å². The van der Waals surface area contributed by atoms with E-state index in [1.54, 1.807) is 0 Å². The van der Waals surface area contributed by atoms with Gasteiger partial charge in [0.1, 0.15) is 17.3 Å². The number of nitrogens with one attached hydrogen (secondary N) is 1. The fourth-order valence-corrected chi connectivity index (χ4v) is 6.82. The van der Waals surface area contributed by atoms with Crippen LogP contribution in [-0.2, 0) is 21.2 Å². The Morgan fingerprint density at radius 2 is 1.83 bits per heavy atom. The molecule has 9 heteroatoms. The molecule has 0 aliphatic carbocycles. The minimum absolute atomic E-state index is 0.270. The molecule has 3 aromatic rings. The van der Waals surface area contributed by atoms with E-state index in [1.807, 2.05) is 67.5 Å². The average molecular weight is 496 g/mol. The predicted molar refractivity (Wildman–Crippen MR) is 133 cm³/mol. The SMILES string of the molecule is CN(C)c1cccc(Oc2cccc(Cc3cc(F)ccc3NC(=O)[C@@]34CCCN3S4(=O)=O)c2)c1. The summed E-state index contributed by atoms with van der Waals surface area (Å²) in [5, 5.41) is 2.75. The van der Waals surface area contributed by atoms with Crippen molar-refractivity contribution in [2.45, 2.75) is 24.1 Å². The van der Waals surface area contributed by atoms with Crippen LogP contribution in [0.15, 0.2) is 66.7 Å². The lowest BCUT2D eigenvalue weighted by Gasteiger charge is -2.15. The van der Waals surface area contributed by atoms with E-state index in [1.165, 1.54) is 22.5 Å². The highest BCUT2D eigenvalue weighted by Crippen LogP contribution is 2.52. The van der Waals surface area contributed by atoms with E-state index in [-0.39, 0.29) is 6.42 Å². The maximum absolute atomic E-state index is 14.1. The van der Waals surface area contributed by atoms with Crippen LogP contribution in [0.25, 0.3) is 0 Å². The second kappa shape index (κ2) is 8.66. The number of carbonyl (C=O) groups is 1. The molecule has 2 atom stereocenters. The van der Waals surface area contributed by atoms with Crippen LogP contribution in [-0.4, -0.2) is 44.1 Å². The van der Waals surface area contributed by atoms with Crippen molar-refractivity contribution >= 4 is 27.3 Å². The van der Waals surface area contributed by atoms with Gasteiger partial charge in [0.25, 0.3) is 5.91 Å². The maximum Gasteiger partial charge on any atom is 0.263 e. The Balaban J connectivity index is 1.36. The number of hydrogen-bond acceptors (Lipinski definition) is 5. The first-order valence-electron chi connectivity index (χ1n) is 11.4. The van der Waals surface area contributed by atoms with Crippen molar-refractivity contribution in [3.63, 3.8) is 0 Å². The Hall–Kier alpha value is -3.43. The number of nitrogens with zero attached hydrogens (tertiary/aromatic N) is 2. The van der Waals surface area contributed by atoms with Crippen LogP contribution >= 0.6 is 0 Å². The van der Waals surface area contributed by atoms with Crippen LogP contribution in [0.3, 0.4) is 0 Å². The summed E-state index contributed by atoms with van der Waals surface area (Å²) in [5.74, 6) is 0.300. The van der Waals surface area contributed by atoms with Gasteiger partial charge in [0.15, 0.2) is 0 Å². The van der Waals surface area contributed by atoms with Gasteiger partial charge in [-0.25, -0.2) is 12.8 Å². The Kier molecular flexibility index (Phi) is 5.77. The van der Waals surface area contributed by atoms with Gasteiger partial charge in [-0.05, 0) is 72.9 Å². The second-order valence-electron chi connectivity index (χ2n) is 9.04. The van der Waals surface area contributed by atoms with E-state index in [0.29, 0.717) is 42.1 Å². The van der Waals surface area contributed by atoms with E-state index in [9.17, 15) is 17.6 Å². The number of ether oxygens (including phenoxy) is 1. The number of carbonyl (C=O) groups excluding carboxylic acids is 1. The van der Waals surface area contributed by atoms with Crippen LogP contribution in [0.5, 0.6) is 11.5 Å². The molecule has 2 saturated heterocycles. The quantitative estimate of drug-likeness (QED) is 0.493. The van der Waals surface area contributed by atoms with E-state index < -0.39 is 26.6 Å². The van der Waals surface area contributed by atoms with Gasteiger partial charge in [-0.15, -0.1) is 0 Å². The van der Waals surface area contributed by atoms with Gasteiger partial charge < -0.3 is 15.0 Å². The topological polar surface area (TPSA) is 78.7 Å². The highest BCUT2D eigenvalue weighted by molar-refractivity contribution is 7.98. The van der Waals surface area contributed by atoms with Crippen LogP contribution in [0.1, 0.15) is 24.0 Å². The third-order valence-corrected chi connectivity index (χ3v) is 8.86. The lowest BCUT2D eigenvalue weighted by molar-refractivity contribution is -0.118. The largest absolute Gasteiger partial charge is 0.457 e. The number of benzene rings is 3. The number of fused-ring (bicyclic) bond motifs is 1. The van der Waals surface area contributed by atoms with Gasteiger partial charge in [0, 0.05) is 38.1 Å². The lowest BCUT2D eigenvalue weighted by Crippen LogP contribution is -2.33. The summed E-state index contributed by atoms with van der Waals surface area (Å²) in [6.07, 6.45) is 1.24. The van der Waals surface area contributed by atoms with Crippen LogP contribution in [0.2, 0.25) is 0 Å². The smallest absolute Gasteiger partial charge is 0.263 e. The normalized spacial score (nSPS) is 21.7. The molecule has 0 spiro atoms. The van der Waals surface area contributed by atoms with E-state index in [2.05, 4.69) is 5.32 Å². The summed E-state index contributed by atoms with van der Waals surface area (Å²) < 4.78 is 46.0. The summed E-state index contributed by atoms with van der Waals surface area (Å²) >= 11 is 0. The molecule has 182 valence electrons. The van der Waals surface area contributed by atoms with Crippen molar-refractivity contribution in [2.75, 3.05) is 30.9 Å². The summed E-state index contributed by atoms with van der Waals surface area (Å²) in [5.41, 5.74) is 2.80. The molecule has 5 rings (SSSR count). The van der Waals surface area contributed by atoms with Crippen molar-refractivity contribution in [3.05, 3.63) is 83.7 Å². The molecule has 2 heterocycles. The number of rotatable bonds is 7. The first kappa shape index (κ1) is 23.3. The van der Waals surface area contributed by atoms with E-state index >= 15 is 0 Å². The molecule has 2 fully saturated rings. The average Bonchev–Trinajstić information content (AvgIpc) is 3.12. The summed E-state index contributed by atoms with van der Waals surface area (Å²) in [6, 6.07) is 19.2. The zero-order valence-corrected chi connectivity index (χ0v) is 20.3. The molecule has 35 heavy (non-hydrogen) atoms. The number of sulfonamides is 1. The molecule has 2 aliphatic heterocycles. The van der Waals surface area contributed by atoms with Crippen molar-refractivity contribution < 1.29 is 22.3 Å². The standard InChI is InChI=1S/C26H26FN3O4S/c1-29(2)21-7-4-9-23(17-21)34-22-8-3-6-18(15-22)14-19-16-20(27)10-11-24(19)28-25(31)26-12-5-13-30(26)35(26,32)33/h3-4,6-11,15-17H,5,12-14H2,1-2H3,(H,28,31)/t26-,30?/m0/s1. The summed E-state index contributed by atoms with van der Waals surface area (Å²) in [7, 11) is 0.335. The minimum Gasteiger partial charge on any atom is -0.457 e. The highest BCUT2D eigenvalue weighted by atomic mass is 32.2. The third-order valence-electron chi connectivity index (χ3n) is 6.50. The molecule has 1 amide bonds. The number of amides is 1. The van der Waals surface area contributed by atoms with E-state index in [4.69, 9.17) is 4.74 Å². The fourth-order valence-electron chi connectivity index (χ4n) is 4.65. The maximum atomic E-state index is 14.1. The number of anilines is 2. The monoisotopic (exact) mass is 495 g/mol. The molecule has 7 nitrogen and oxygen atoms in total.